The van der Waals surface area contributed by atoms with Gasteiger partial charge in [0.25, 0.3) is 0 Å². The molecule has 0 bridgehead atoms. The van der Waals surface area contributed by atoms with Crippen LogP contribution in [0.2, 0.25) is 0 Å². The van der Waals surface area contributed by atoms with Gasteiger partial charge < -0.3 is 10.4 Å². The molecule has 3 heterocycles. The Morgan fingerprint density at radius 1 is 1.00 bits per heavy atom. The van der Waals surface area contributed by atoms with E-state index in [-0.39, 0.29) is 5.75 Å². The lowest BCUT2D eigenvalue weighted by molar-refractivity contribution is 0.468. The molecule has 0 aliphatic rings. The molecule has 0 saturated carbocycles. The minimum atomic E-state index is 0.179. The second-order valence-corrected chi connectivity index (χ2v) is 6.41. The van der Waals surface area contributed by atoms with Crippen LogP contribution < -0.4 is 5.32 Å². The van der Waals surface area contributed by atoms with Gasteiger partial charge in [-0.05, 0) is 25.1 Å². The fourth-order valence-electron chi connectivity index (χ4n) is 2.97. The summed E-state index contributed by atoms with van der Waals surface area (Å²) in [6.07, 6.45) is 3.52. The highest BCUT2D eigenvalue weighted by molar-refractivity contribution is 5.63. The standard InChI is InChI=1S/C21H20N6O/c1-14-20(28)9-8-18(25-14)16-12-24-27(2)19(16)13-23-21-22-11-10-17(26-21)15-6-4-3-5-7-15/h3-12,28H,13H2,1-2H3,(H,22,23,26). The Balaban J connectivity index is 1.58. The number of hydrogen-bond donors (Lipinski definition) is 2. The Kier molecular flexibility index (Phi) is 4.72. The normalized spacial score (nSPS) is 10.8. The largest absolute Gasteiger partial charge is 0.506 e. The third-order valence-corrected chi connectivity index (χ3v) is 4.53. The Hall–Kier alpha value is -3.74. The van der Waals surface area contributed by atoms with Crippen molar-refractivity contribution >= 4 is 5.95 Å². The van der Waals surface area contributed by atoms with Crippen LogP contribution in [0.3, 0.4) is 0 Å². The number of nitrogens with zero attached hydrogens (tertiary/aromatic N) is 5. The zero-order chi connectivity index (χ0) is 19.5. The molecule has 0 aliphatic carbocycles. The molecular formula is C21H20N6O. The fourth-order valence-corrected chi connectivity index (χ4v) is 2.97. The predicted octanol–water partition coefficient (Wildman–Crippen LogP) is 3.57. The summed E-state index contributed by atoms with van der Waals surface area (Å²) in [7, 11) is 1.88. The van der Waals surface area contributed by atoms with Crippen LogP contribution in [0, 0.1) is 6.92 Å². The molecule has 4 rings (SSSR count). The van der Waals surface area contributed by atoms with Gasteiger partial charge in [0.15, 0.2) is 0 Å². The predicted molar refractivity (Wildman–Crippen MR) is 108 cm³/mol. The maximum Gasteiger partial charge on any atom is 0.223 e. The van der Waals surface area contributed by atoms with Crippen LogP contribution in [0.1, 0.15) is 11.4 Å². The van der Waals surface area contributed by atoms with Crippen molar-refractivity contribution in [3.63, 3.8) is 0 Å². The van der Waals surface area contributed by atoms with E-state index in [2.05, 4.69) is 25.4 Å². The van der Waals surface area contributed by atoms with Gasteiger partial charge in [-0.25, -0.2) is 15.0 Å². The zero-order valence-electron chi connectivity index (χ0n) is 15.7. The van der Waals surface area contributed by atoms with Crippen LogP contribution in [-0.2, 0) is 13.6 Å². The van der Waals surface area contributed by atoms with E-state index in [0.717, 1.165) is 28.2 Å². The van der Waals surface area contributed by atoms with E-state index in [1.54, 1.807) is 36.1 Å². The second kappa shape index (κ2) is 7.48. The van der Waals surface area contributed by atoms with Crippen LogP contribution in [0.5, 0.6) is 5.75 Å². The van der Waals surface area contributed by atoms with E-state index in [1.165, 1.54) is 0 Å². The molecule has 4 aromatic rings. The average molecular weight is 372 g/mol. The summed E-state index contributed by atoms with van der Waals surface area (Å²) in [4.78, 5) is 13.4. The summed E-state index contributed by atoms with van der Waals surface area (Å²) in [6.45, 7) is 2.27. The summed E-state index contributed by atoms with van der Waals surface area (Å²) in [5.74, 6) is 0.724. The van der Waals surface area contributed by atoms with Crippen molar-refractivity contribution in [3.8, 4) is 28.3 Å². The number of benzene rings is 1. The van der Waals surface area contributed by atoms with Gasteiger partial charge in [-0.2, -0.15) is 5.10 Å². The molecule has 140 valence electrons. The maximum absolute atomic E-state index is 9.72. The number of nitrogens with one attached hydrogen (secondary N) is 1. The first-order valence-electron chi connectivity index (χ1n) is 8.92. The van der Waals surface area contributed by atoms with Gasteiger partial charge in [0.1, 0.15) is 5.75 Å². The first-order chi connectivity index (χ1) is 13.6. The number of aryl methyl sites for hydroxylation is 2. The Morgan fingerprint density at radius 2 is 1.82 bits per heavy atom. The summed E-state index contributed by atoms with van der Waals surface area (Å²) >= 11 is 0. The second-order valence-electron chi connectivity index (χ2n) is 6.41. The molecule has 3 aromatic heterocycles. The van der Waals surface area contributed by atoms with E-state index in [9.17, 15) is 5.11 Å². The Labute approximate surface area is 162 Å². The van der Waals surface area contributed by atoms with Gasteiger partial charge in [0.05, 0.1) is 35.5 Å². The lowest BCUT2D eigenvalue weighted by atomic mass is 10.1. The topological polar surface area (TPSA) is 88.8 Å². The quantitative estimate of drug-likeness (QED) is 0.557. The summed E-state index contributed by atoms with van der Waals surface area (Å²) in [5, 5.41) is 17.4. The highest BCUT2D eigenvalue weighted by atomic mass is 16.3. The number of pyridine rings is 1. The van der Waals surface area contributed by atoms with Crippen molar-refractivity contribution in [2.75, 3.05) is 5.32 Å². The highest BCUT2D eigenvalue weighted by Gasteiger charge is 2.13. The SMILES string of the molecule is Cc1nc(-c2cnn(C)c2CNc2nccc(-c3ccccc3)n2)ccc1O. The van der Waals surface area contributed by atoms with Crippen molar-refractivity contribution in [2.45, 2.75) is 13.5 Å². The van der Waals surface area contributed by atoms with Crippen molar-refractivity contribution in [1.29, 1.82) is 0 Å². The molecule has 28 heavy (non-hydrogen) atoms. The molecule has 2 N–H and O–H groups in total. The molecule has 7 heteroatoms. The summed E-state index contributed by atoms with van der Waals surface area (Å²) in [5.41, 5.74) is 5.10. The number of anilines is 1. The molecule has 0 saturated heterocycles. The molecular weight excluding hydrogens is 352 g/mol. The summed E-state index contributed by atoms with van der Waals surface area (Å²) < 4.78 is 1.80. The number of rotatable bonds is 5. The van der Waals surface area contributed by atoms with E-state index < -0.39 is 0 Å². The van der Waals surface area contributed by atoms with E-state index in [0.29, 0.717) is 18.2 Å². The van der Waals surface area contributed by atoms with Crippen LogP contribution >= 0.6 is 0 Å². The Bertz CT molecular complexity index is 1110. The van der Waals surface area contributed by atoms with Gasteiger partial charge in [-0.1, -0.05) is 30.3 Å². The first kappa shape index (κ1) is 17.7. The van der Waals surface area contributed by atoms with E-state index >= 15 is 0 Å². The van der Waals surface area contributed by atoms with Gasteiger partial charge in [-0.3, -0.25) is 4.68 Å². The molecule has 0 atom stereocenters. The molecule has 1 aromatic carbocycles. The van der Waals surface area contributed by atoms with Crippen LogP contribution in [0.25, 0.3) is 22.5 Å². The van der Waals surface area contributed by atoms with Crippen molar-refractivity contribution in [3.05, 3.63) is 72.3 Å². The number of aromatic hydroxyl groups is 1. The molecule has 0 spiro atoms. The van der Waals surface area contributed by atoms with Crippen LogP contribution in [0.15, 0.2) is 60.9 Å². The third-order valence-electron chi connectivity index (χ3n) is 4.53. The van der Waals surface area contributed by atoms with Gasteiger partial charge in [0, 0.05) is 24.4 Å². The fraction of sp³-hybridized carbons (Fsp3) is 0.143. The molecule has 0 amide bonds. The maximum atomic E-state index is 9.72. The average Bonchev–Trinajstić information content (AvgIpc) is 3.10. The van der Waals surface area contributed by atoms with Crippen LogP contribution in [0.4, 0.5) is 5.95 Å². The third kappa shape index (κ3) is 3.55. The van der Waals surface area contributed by atoms with Gasteiger partial charge in [0.2, 0.25) is 5.95 Å². The lowest BCUT2D eigenvalue weighted by Crippen LogP contribution is -2.09. The van der Waals surface area contributed by atoms with Crippen molar-refractivity contribution in [2.24, 2.45) is 7.05 Å². The molecule has 0 radical (unpaired) electrons. The van der Waals surface area contributed by atoms with Crippen molar-refractivity contribution < 1.29 is 5.11 Å². The molecule has 0 unspecified atom stereocenters. The first-order valence-corrected chi connectivity index (χ1v) is 8.92. The molecule has 0 fully saturated rings. The van der Waals surface area contributed by atoms with E-state index in [1.807, 2.05) is 43.4 Å². The smallest absolute Gasteiger partial charge is 0.223 e. The summed E-state index contributed by atoms with van der Waals surface area (Å²) in [6, 6.07) is 15.3. The van der Waals surface area contributed by atoms with Gasteiger partial charge >= 0.3 is 0 Å². The zero-order valence-corrected chi connectivity index (χ0v) is 15.7. The minimum absolute atomic E-state index is 0.179. The number of aromatic nitrogens is 5. The Morgan fingerprint density at radius 3 is 2.61 bits per heavy atom. The number of hydrogen-bond acceptors (Lipinski definition) is 6. The lowest BCUT2D eigenvalue weighted by Gasteiger charge is -2.10. The molecule has 0 aliphatic heterocycles. The molecule has 7 nitrogen and oxygen atoms in total. The van der Waals surface area contributed by atoms with E-state index in [4.69, 9.17) is 0 Å². The van der Waals surface area contributed by atoms with Gasteiger partial charge in [-0.15, -0.1) is 0 Å². The van der Waals surface area contributed by atoms with Crippen LogP contribution in [-0.4, -0.2) is 29.8 Å². The minimum Gasteiger partial charge on any atom is -0.506 e. The monoisotopic (exact) mass is 372 g/mol. The highest BCUT2D eigenvalue weighted by Crippen LogP contribution is 2.25. The van der Waals surface area contributed by atoms with Crippen molar-refractivity contribution in [1.82, 2.24) is 24.7 Å².